The molecule has 0 spiro atoms. The van der Waals surface area contributed by atoms with Crippen LogP contribution in [-0.2, 0) is 0 Å². The molecule has 0 radical (unpaired) electrons. The molecule has 0 bridgehead atoms. The van der Waals surface area contributed by atoms with E-state index >= 15 is 0 Å². The molecule has 1 aliphatic carbocycles. The minimum Gasteiger partial charge on any atom is -0.495 e. The normalized spacial score (nSPS) is 16.1. The first-order valence-corrected chi connectivity index (χ1v) is 8.38. The summed E-state index contributed by atoms with van der Waals surface area (Å²) < 4.78 is 13.8. The molecule has 23 heavy (non-hydrogen) atoms. The van der Waals surface area contributed by atoms with Gasteiger partial charge in [0.1, 0.15) is 12.0 Å². The van der Waals surface area contributed by atoms with E-state index in [2.05, 4.69) is 22.5 Å². The molecule has 1 aliphatic rings. The summed E-state index contributed by atoms with van der Waals surface area (Å²) in [6.07, 6.45) is 9.75. The highest BCUT2D eigenvalue weighted by Crippen LogP contribution is 2.42. The first-order chi connectivity index (χ1) is 11.3. The first-order valence-electron chi connectivity index (χ1n) is 8.38. The van der Waals surface area contributed by atoms with Crippen LogP contribution in [0.15, 0.2) is 35.1 Å². The van der Waals surface area contributed by atoms with E-state index in [1.165, 1.54) is 43.3 Å². The number of methoxy groups -OCH3 is 1. The second-order valence-electron chi connectivity index (χ2n) is 6.32. The highest BCUT2D eigenvalue weighted by Gasteiger charge is 2.26. The summed E-state index contributed by atoms with van der Waals surface area (Å²) in [7, 11) is 1.74. The van der Waals surface area contributed by atoms with E-state index < -0.39 is 0 Å². The van der Waals surface area contributed by atoms with Crippen LogP contribution >= 0.6 is 0 Å². The molecule has 0 amide bonds. The lowest BCUT2D eigenvalue weighted by atomic mass is 9.95. The molecule has 0 unspecified atom stereocenters. The Morgan fingerprint density at radius 1 is 1.22 bits per heavy atom. The number of fused-ring (bicyclic) bond motifs is 1. The van der Waals surface area contributed by atoms with Crippen molar-refractivity contribution in [2.75, 3.05) is 7.11 Å². The quantitative estimate of drug-likeness (QED) is 0.674. The number of benzene rings is 1. The van der Waals surface area contributed by atoms with Crippen molar-refractivity contribution in [3.05, 3.63) is 36.4 Å². The highest BCUT2D eigenvalue weighted by atomic mass is 16.5. The number of oxazole rings is 1. The van der Waals surface area contributed by atoms with Crippen molar-refractivity contribution >= 4 is 10.9 Å². The molecule has 120 valence electrons. The molecule has 1 saturated carbocycles. The van der Waals surface area contributed by atoms with E-state index in [4.69, 9.17) is 9.15 Å². The molecule has 0 N–H and O–H groups in total. The lowest BCUT2D eigenvalue weighted by Crippen LogP contribution is -2.14. The second-order valence-corrected chi connectivity index (χ2v) is 6.32. The maximum absolute atomic E-state index is 5.67. The molecular weight excluding hydrogens is 288 g/mol. The monoisotopic (exact) mass is 310 g/mol. The van der Waals surface area contributed by atoms with Gasteiger partial charge in [0.25, 0.3) is 0 Å². The molecule has 4 nitrogen and oxygen atoms in total. The Balaban J connectivity index is 2.02. The summed E-state index contributed by atoms with van der Waals surface area (Å²) in [5.74, 6) is 1.62. The lowest BCUT2D eigenvalue weighted by molar-refractivity contribution is 0.352. The van der Waals surface area contributed by atoms with E-state index in [1.807, 2.05) is 12.1 Å². The van der Waals surface area contributed by atoms with Gasteiger partial charge in [0, 0.05) is 17.1 Å². The Morgan fingerprint density at radius 2 is 2.04 bits per heavy atom. The van der Waals surface area contributed by atoms with Gasteiger partial charge in [0.05, 0.1) is 24.4 Å². The first kappa shape index (κ1) is 14.4. The number of ether oxygens (including phenoxy) is 1. The minimum absolute atomic E-state index is 0.534. The molecule has 2 aromatic heterocycles. The van der Waals surface area contributed by atoms with E-state index in [0.29, 0.717) is 11.9 Å². The van der Waals surface area contributed by atoms with Crippen LogP contribution < -0.4 is 4.74 Å². The smallest absolute Gasteiger partial charge is 0.228 e. The topological polar surface area (TPSA) is 40.2 Å². The van der Waals surface area contributed by atoms with E-state index in [9.17, 15) is 0 Å². The van der Waals surface area contributed by atoms with Gasteiger partial charge in [0.2, 0.25) is 5.89 Å². The molecular formula is C19H22N2O2. The van der Waals surface area contributed by atoms with Crippen LogP contribution in [-0.4, -0.2) is 16.7 Å². The summed E-state index contributed by atoms with van der Waals surface area (Å²) >= 11 is 0. The zero-order valence-electron chi connectivity index (χ0n) is 13.7. The van der Waals surface area contributed by atoms with Gasteiger partial charge in [-0.05, 0) is 25.8 Å². The number of hydrogen-bond acceptors (Lipinski definition) is 3. The highest BCUT2D eigenvalue weighted by molar-refractivity contribution is 5.99. The molecule has 0 atom stereocenters. The van der Waals surface area contributed by atoms with Crippen LogP contribution in [0.2, 0.25) is 0 Å². The van der Waals surface area contributed by atoms with Crippen molar-refractivity contribution in [2.24, 2.45) is 0 Å². The fourth-order valence-corrected chi connectivity index (χ4v) is 4.03. The van der Waals surface area contributed by atoms with Crippen LogP contribution in [0.3, 0.4) is 0 Å². The van der Waals surface area contributed by atoms with Crippen LogP contribution in [0.5, 0.6) is 5.75 Å². The second kappa shape index (κ2) is 5.76. The Bertz CT molecular complexity index is 812. The minimum atomic E-state index is 0.534. The summed E-state index contributed by atoms with van der Waals surface area (Å²) in [5.41, 5.74) is 3.49. The van der Waals surface area contributed by atoms with Crippen molar-refractivity contribution in [3.8, 4) is 17.2 Å². The third-order valence-electron chi connectivity index (χ3n) is 5.04. The molecule has 3 aromatic rings. The fourth-order valence-electron chi connectivity index (χ4n) is 4.03. The summed E-state index contributed by atoms with van der Waals surface area (Å²) in [4.78, 5) is 4.39. The average Bonchev–Trinajstić information content (AvgIpc) is 3.20. The standard InChI is InChI=1S/C19H22N2O2/c1-13-17(19-20-11-12-23-19)15-9-6-10-16(22-2)18(15)21(13)14-7-4-3-5-8-14/h6,9-12,14H,3-5,7-8H2,1-2H3. The number of hydrogen-bond donors (Lipinski definition) is 0. The zero-order valence-corrected chi connectivity index (χ0v) is 13.7. The summed E-state index contributed by atoms with van der Waals surface area (Å²) in [5, 5.41) is 1.16. The molecule has 4 rings (SSSR count). The van der Waals surface area contributed by atoms with Gasteiger partial charge >= 0.3 is 0 Å². The average molecular weight is 310 g/mol. The Morgan fingerprint density at radius 3 is 2.74 bits per heavy atom. The maximum atomic E-state index is 5.67. The number of rotatable bonds is 3. The van der Waals surface area contributed by atoms with Crippen molar-refractivity contribution in [2.45, 2.75) is 45.1 Å². The van der Waals surface area contributed by atoms with E-state index in [1.54, 1.807) is 19.6 Å². The van der Waals surface area contributed by atoms with Crippen LogP contribution in [0.25, 0.3) is 22.4 Å². The lowest BCUT2D eigenvalue weighted by Gasteiger charge is -2.26. The van der Waals surface area contributed by atoms with Gasteiger partial charge in [-0.3, -0.25) is 0 Å². The van der Waals surface area contributed by atoms with E-state index in [0.717, 1.165) is 16.7 Å². The van der Waals surface area contributed by atoms with Crippen LogP contribution in [0, 0.1) is 6.92 Å². The largest absolute Gasteiger partial charge is 0.495 e. The van der Waals surface area contributed by atoms with Gasteiger partial charge in [-0.1, -0.05) is 31.4 Å². The summed E-state index contributed by atoms with van der Waals surface area (Å²) in [6.45, 7) is 2.17. The Kier molecular flexibility index (Phi) is 3.60. The molecule has 2 heterocycles. The van der Waals surface area contributed by atoms with Gasteiger partial charge < -0.3 is 13.7 Å². The molecule has 1 fully saturated rings. The molecule has 0 aliphatic heterocycles. The van der Waals surface area contributed by atoms with Crippen LogP contribution in [0.1, 0.15) is 43.8 Å². The molecule has 4 heteroatoms. The molecule has 0 saturated heterocycles. The Hall–Kier alpha value is -2.23. The van der Waals surface area contributed by atoms with Crippen LogP contribution in [0.4, 0.5) is 0 Å². The predicted molar refractivity (Wildman–Crippen MR) is 90.8 cm³/mol. The third kappa shape index (κ3) is 2.24. The van der Waals surface area contributed by atoms with Crippen molar-refractivity contribution < 1.29 is 9.15 Å². The SMILES string of the molecule is COc1cccc2c(-c3ncco3)c(C)n(C3CCCCC3)c12. The number of aromatic nitrogens is 2. The zero-order chi connectivity index (χ0) is 15.8. The van der Waals surface area contributed by atoms with Crippen molar-refractivity contribution in [1.29, 1.82) is 0 Å². The number of nitrogens with zero attached hydrogens (tertiary/aromatic N) is 2. The van der Waals surface area contributed by atoms with Crippen molar-refractivity contribution in [1.82, 2.24) is 9.55 Å². The van der Waals surface area contributed by atoms with Gasteiger partial charge in [-0.15, -0.1) is 0 Å². The van der Waals surface area contributed by atoms with Crippen molar-refractivity contribution in [3.63, 3.8) is 0 Å². The summed E-state index contributed by atoms with van der Waals surface area (Å²) in [6, 6.07) is 6.76. The van der Waals surface area contributed by atoms with E-state index in [-0.39, 0.29) is 0 Å². The molecule has 1 aromatic carbocycles. The predicted octanol–water partition coefficient (Wildman–Crippen LogP) is 5.12. The fraction of sp³-hybridized carbons (Fsp3) is 0.421. The maximum Gasteiger partial charge on any atom is 0.228 e. The van der Waals surface area contributed by atoms with Gasteiger partial charge in [-0.25, -0.2) is 4.98 Å². The van der Waals surface area contributed by atoms with Gasteiger partial charge in [-0.2, -0.15) is 0 Å². The third-order valence-corrected chi connectivity index (χ3v) is 5.04. The number of para-hydroxylation sites is 1. The Labute approximate surface area is 136 Å². The van der Waals surface area contributed by atoms with Gasteiger partial charge in [0.15, 0.2) is 0 Å².